The summed E-state index contributed by atoms with van der Waals surface area (Å²) in [7, 11) is 0. The van der Waals surface area contributed by atoms with E-state index in [0.717, 1.165) is 35.9 Å². The molecule has 0 aromatic heterocycles. The van der Waals surface area contributed by atoms with Crippen LogP contribution in [-0.2, 0) is 4.74 Å². The fraction of sp³-hybridized carbons (Fsp3) is 0.750. The molecule has 2 unspecified atom stereocenters. The molecule has 0 aromatic rings. The van der Waals surface area contributed by atoms with Gasteiger partial charge in [0.25, 0.3) is 0 Å². The van der Waals surface area contributed by atoms with Gasteiger partial charge in [-0.15, -0.1) is 0 Å². The first-order chi connectivity index (χ1) is 10.2. The second kappa shape index (κ2) is 6.60. The van der Waals surface area contributed by atoms with Gasteiger partial charge in [-0.05, 0) is 69.3 Å². The monoisotopic (exact) mass is 371 g/mol. The van der Waals surface area contributed by atoms with Gasteiger partial charge in [0.05, 0.1) is 10.5 Å². The van der Waals surface area contributed by atoms with Gasteiger partial charge in [0, 0.05) is 24.0 Å². The quantitative estimate of drug-likeness (QED) is 0.754. The van der Waals surface area contributed by atoms with Crippen molar-refractivity contribution in [3.63, 3.8) is 0 Å². The maximum Gasteiger partial charge on any atom is 0.410 e. The van der Waals surface area contributed by atoms with Crippen LogP contribution in [0.4, 0.5) is 4.79 Å². The third-order valence-electron chi connectivity index (χ3n) is 4.18. The molecule has 0 aromatic carbocycles. The number of piperidine rings is 1. The van der Waals surface area contributed by atoms with Crippen molar-refractivity contribution in [1.82, 2.24) is 4.90 Å². The largest absolute Gasteiger partial charge is 0.444 e. The van der Waals surface area contributed by atoms with E-state index >= 15 is 0 Å². The highest BCUT2D eigenvalue weighted by atomic mass is 79.9. The number of ether oxygens (including phenoxy) is 1. The number of rotatable bonds is 2. The molecule has 2 aliphatic heterocycles. The third-order valence-corrected chi connectivity index (χ3v) is 5.02. The molecule has 22 heavy (non-hydrogen) atoms. The van der Waals surface area contributed by atoms with Crippen molar-refractivity contribution in [2.24, 2.45) is 10.7 Å². The highest BCUT2D eigenvalue weighted by Crippen LogP contribution is 2.38. The summed E-state index contributed by atoms with van der Waals surface area (Å²) in [6.07, 6.45) is 5.23. The molecule has 2 heterocycles. The summed E-state index contributed by atoms with van der Waals surface area (Å²) < 4.78 is 6.38. The summed E-state index contributed by atoms with van der Waals surface area (Å²) in [5.74, 6) is 0. The molecule has 2 N–H and O–H groups in total. The number of hydrogen-bond acceptors (Lipinski definition) is 4. The maximum atomic E-state index is 12.4. The highest BCUT2D eigenvalue weighted by Gasteiger charge is 2.44. The van der Waals surface area contributed by atoms with Crippen LogP contribution >= 0.6 is 15.9 Å². The number of allylic oxidation sites excluding steroid dienone is 1. The van der Waals surface area contributed by atoms with Gasteiger partial charge in [-0.1, -0.05) is 0 Å². The zero-order chi connectivity index (χ0) is 16.5. The van der Waals surface area contributed by atoms with Crippen LogP contribution in [0.2, 0.25) is 0 Å². The topological polar surface area (TPSA) is 67.9 Å². The average Bonchev–Trinajstić information content (AvgIpc) is 2.68. The lowest BCUT2D eigenvalue weighted by molar-refractivity contribution is 0.00628. The summed E-state index contributed by atoms with van der Waals surface area (Å²) in [5, 5.41) is 0. The predicted molar refractivity (Wildman–Crippen MR) is 92.2 cm³/mol. The van der Waals surface area contributed by atoms with Crippen molar-refractivity contribution >= 4 is 27.7 Å². The minimum absolute atomic E-state index is 0.179. The summed E-state index contributed by atoms with van der Waals surface area (Å²) in [5.41, 5.74) is 5.98. The molecule has 2 aliphatic rings. The second-order valence-corrected chi connectivity index (χ2v) is 7.98. The van der Waals surface area contributed by atoms with Gasteiger partial charge in [0.2, 0.25) is 0 Å². The van der Waals surface area contributed by atoms with Crippen LogP contribution in [0, 0.1) is 0 Å². The molecule has 1 amide bonds. The number of amides is 1. The Balaban J connectivity index is 2.05. The van der Waals surface area contributed by atoms with Crippen LogP contribution in [0.1, 0.15) is 53.4 Å². The number of hydrogen-bond donors (Lipinski definition) is 1. The molecule has 0 spiro atoms. The molecule has 2 rings (SSSR count). The zero-order valence-corrected chi connectivity index (χ0v) is 15.4. The van der Waals surface area contributed by atoms with E-state index < -0.39 is 5.60 Å². The molecule has 0 radical (unpaired) electrons. The van der Waals surface area contributed by atoms with Gasteiger partial charge in [0.15, 0.2) is 0 Å². The summed E-state index contributed by atoms with van der Waals surface area (Å²) in [4.78, 5) is 19.1. The molecular formula is C16H26BrN3O2. The van der Waals surface area contributed by atoms with Crippen molar-refractivity contribution in [2.45, 2.75) is 77.1 Å². The second-order valence-electron chi connectivity index (χ2n) is 7.13. The first-order valence-electron chi connectivity index (χ1n) is 7.84. The van der Waals surface area contributed by atoms with Crippen LogP contribution < -0.4 is 5.73 Å². The predicted octanol–water partition coefficient (Wildman–Crippen LogP) is 3.57. The minimum Gasteiger partial charge on any atom is -0.444 e. The van der Waals surface area contributed by atoms with Crippen LogP contribution in [0.15, 0.2) is 15.7 Å². The fourth-order valence-corrected chi connectivity index (χ4v) is 3.42. The molecular weight excluding hydrogens is 346 g/mol. The molecule has 124 valence electrons. The highest BCUT2D eigenvalue weighted by molar-refractivity contribution is 9.12. The van der Waals surface area contributed by atoms with E-state index in [0.29, 0.717) is 0 Å². The lowest BCUT2D eigenvalue weighted by Crippen LogP contribution is -2.49. The van der Waals surface area contributed by atoms with Crippen molar-refractivity contribution < 1.29 is 9.53 Å². The number of carbonyl (C=O) groups is 1. The zero-order valence-electron chi connectivity index (χ0n) is 13.8. The van der Waals surface area contributed by atoms with Gasteiger partial charge in [-0.3, -0.25) is 4.99 Å². The molecule has 2 saturated heterocycles. The van der Waals surface area contributed by atoms with Crippen LogP contribution in [0.3, 0.4) is 0 Å². The van der Waals surface area contributed by atoms with Crippen molar-refractivity contribution in [1.29, 1.82) is 0 Å². The SMILES string of the molecule is CC(=NC1CC2CCC(C1)N2C(=O)OC(C)(C)C)/C(Br)=C\N. The number of carbonyl (C=O) groups excluding carboxylic acids is 1. The third kappa shape index (κ3) is 4.03. The minimum atomic E-state index is -0.446. The molecule has 2 fully saturated rings. The van der Waals surface area contributed by atoms with Crippen molar-refractivity contribution in [2.75, 3.05) is 0 Å². The molecule has 0 aliphatic carbocycles. The van der Waals surface area contributed by atoms with Gasteiger partial charge in [-0.25, -0.2) is 4.79 Å². The Labute approximate surface area is 141 Å². The molecule has 0 saturated carbocycles. The van der Waals surface area contributed by atoms with E-state index in [2.05, 4.69) is 15.9 Å². The van der Waals surface area contributed by atoms with E-state index in [4.69, 9.17) is 15.5 Å². The van der Waals surface area contributed by atoms with E-state index in [9.17, 15) is 4.79 Å². The summed E-state index contributed by atoms with van der Waals surface area (Å²) in [6.45, 7) is 7.67. The van der Waals surface area contributed by atoms with Gasteiger partial charge >= 0.3 is 6.09 Å². The molecule has 6 heteroatoms. The van der Waals surface area contributed by atoms with Crippen LogP contribution in [0.25, 0.3) is 0 Å². The Morgan fingerprint density at radius 3 is 2.32 bits per heavy atom. The van der Waals surface area contributed by atoms with E-state index in [1.807, 2.05) is 32.6 Å². The average molecular weight is 372 g/mol. The number of fused-ring (bicyclic) bond motifs is 2. The Kier molecular flexibility index (Phi) is 5.20. The van der Waals surface area contributed by atoms with E-state index in [1.165, 1.54) is 6.20 Å². The van der Waals surface area contributed by atoms with E-state index in [1.54, 1.807) is 0 Å². The Morgan fingerprint density at radius 2 is 1.86 bits per heavy atom. The number of nitrogens with zero attached hydrogens (tertiary/aromatic N) is 2. The Bertz CT molecular complexity index is 482. The normalized spacial score (nSPS) is 29.7. The summed E-state index contributed by atoms with van der Waals surface area (Å²) >= 11 is 3.40. The molecule has 2 atom stereocenters. The molecule has 5 nitrogen and oxygen atoms in total. The van der Waals surface area contributed by atoms with Gasteiger partial charge in [-0.2, -0.15) is 0 Å². The Hall–Kier alpha value is -1.04. The number of aliphatic imine (C=N–C) groups is 1. The van der Waals surface area contributed by atoms with Gasteiger partial charge in [0.1, 0.15) is 5.60 Å². The first kappa shape index (κ1) is 17.3. The standard InChI is InChI=1S/C16H26BrN3O2/c1-10(14(17)9-18)19-11-7-12-5-6-13(8-11)20(12)15(21)22-16(2,3)4/h9,11-13H,5-8,18H2,1-4H3/b14-9+,19-10?. The molecule has 2 bridgehead atoms. The summed E-state index contributed by atoms with van der Waals surface area (Å²) in [6, 6.07) is 0.746. The number of nitrogens with two attached hydrogens (primary N) is 1. The van der Waals surface area contributed by atoms with Crippen LogP contribution in [-0.4, -0.2) is 40.4 Å². The fourth-order valence-electron chi connectivity index (χ4n) is 3.32. The first-order valence-corrected chi connectivity index (χ1v) is 8.64. The lowest BCUT2D eigenvalue weighted by atomic mass is 9.98. The lowest BCUT2D eigenvalue weighted by Gasteiger charge is -2.38. The smallest absolute Gasteiger partial charge is 0.410 e. The van der Waals surface area contributed by atoms with E-state index in [-0.39, 0.29) is 24.2 Å². The maximum absolute atomic E-state index is 12.4. The van der Waals surface area contributed by atoms with Gasteiger partial charge < -0.3 is 15.4 Å². The van der Waals surface area contributed by atoms with Crippen molar-refractivity contribution in [3.05, 3.63) is 10.7 Å². The van der Waals surface area contributed by atoms with Crippen LogP contribution in [0.5, 0.6) is 0 Å². The number of halogens is 1. The Morgan fingerprint density at radius 1 is 1.32 bits per heavy atom. The van der Waals surface area contributed by atoms with Crippen molar-refractivity contribution in [3.8, 4) is 0 Å².